The van der Waals surface area contributed by atoms with Crippen LogP contribution < -0.4 is 15.4 Å². The van der Waals surface area contributed by atoms with Gasteiger partial charge < -0.3 is 15.0 Å². The molecule has 2 aromatic carbocycles. The number of fused-ring (bicyclic) bond motifs is 1. The maximum atomic E-state index is 12.9. The predicted octanol–water partition coefficient (Wildman–Crippen LogP) is 2.18. The third kappa shape index (κ3) is 4.00. The van der Waals surface area contributed by atoms with Crippen molar-refractivity contribution >= 4 is 36.6 Å². The normalized spacial score (nSPS) is 19.7. The van der Waals surface area contributed by atoms with Crippen LogP contribution in [0.5, 0.6) is 5.75 Å². The fourth-order valence-corrected chi connectivity index (χ4v) is 3.73. The SMILES string of the molecule is COc1ccc2c(c1)C(=O)N(C[C@@]1(C#Cc3ccc(/C=C\S)cc3)NC(=O)NC1=O)C2. The molecule has 8 heteroatoms. The zero-order chi connectivity index (χ0) is 22.0. The van der Waals surface area contributed by atoms with Crippen molar-refractivity contribution in [2.75, 3.05) is 13.7 Å². The molecule has 0 saturated carbocycles. The van der Waals surface area contributed by atoms with E-state index >= 15 is 0 Å². The van der Waals surface area contributed by atoms with Gasteiger partial charge in [0.1, 0.15) is 5.75 Å². The number of hydrogen-bond donors (Lipinski definition) is 3. The van der Waals surface area contributed by atoms with Gasteiger partial charge in [0, 0.05) is 17.7 Å². The Morgan fingerprint density at radius 2 is 1.97 bits per heavy atom. The summed E-state index contributed by atoms with van der Waals surface area (Å²) < 4.78 is 5.20. The van der Waals surface area contributed by atoms with E-state index in [4.69, 9.17) is 4.74 Å². The van der Waals surface area contributed by atoms with Crippen molar-refractivity contribution in [3.8, 4) is 17.6 Å². The molecule has 0 aromatic heterocycles. The van der Waals surface area contributed by atoms with Crippen molar-refractivity contribution in [1.29, 1.82) is 0 Å². The third-order valence-corrected chi connectivity index (χ3v) is 5.31. The summed E-state index contributed by atoms with van der Waals surface area (Å²) in [4.78, 5) is 39.0. The van der Waals surface area contributed by atoms with Crippen molar-refractivity contribution in [2.24, 2.45) is 0 Å². The van der Waals surface area contributed by atoms with Crippen LogP contribution in [0.2, 0.25) is 0 Å². The molecule has 0 radical (unpaired) electrons. The minimum absolute atomic E-state index is 0.0755. The third-order valence-electron chi connectivity index (χ3n) is 5.16. The largest absolute Gasteiger partial charge is 0.497 e. The van der Waals surface area contributed by atoms with E-state index in [0.29, 0.717) is 23.4 Å². The number of carbonyl (C=O) groups excluding carboxylic acids is 3. The molecular weight excluding hydrogens is 414 g/mol. The van der Waals surface area contributed by atoms with Gasteiger partial charge in [-0.3, -0.25) is 14.9 Å². The number of methoxy groups -OCH3 is 1. The summed E-state index contributed by atoms with van der Waals surface area (Å²) in [6, 6.07) is 12.0. The zero-order valence-corrected chi connectivity index (χ0v) is 17.5. The van der Waals surface area contributed by atoms with E-state index in [0.717, 1.165) is 11.1 Å². The number of nitrogens with one attached hydrogen (secondary N) is 2. The molecule has 2 heterocycles. The molecule has 2 N–H and O–H groups in total. The summed E-state index contributed by atoms with van der Waals surface area (Å²) in [7, 11) is 1.53. The average Bonchev–Trinajstić information content (AvgIpc) is 3.22. The Morgan fingerprint density at radius 3 is 2.61 bits per heavy atom. The Hall–Kier alpha value is -3.70. The summed E-state index contributed by atoms with van der Waals surface area (Å²) >= 11 is 4.05. The Kier molecular flexibility index (Phi) is 5.44. The number of hydrogen-bond acceptors (Lipinski definition) is 5. The van der Waals surface area contributed by atoms with Crippen molar-refractivity contribution in [3.63, 3.8) is 0 Å². The lowest BCUT2D eigenvalue weighted by atomic mass is 9.99. The van der Waals surface area contributed by atoms with Crippen molar-refractivity contribution < 1.29 is 19.1 Å². The Labute approximate surface area is 184 Å². The lowest BCUT2D eigenvalue weighted by Crippen LogP contribution is -2.54. The van der Waals surface area contributed by atoms with E-state index in [9.17, 15) is 14.4 Å². The van der Waals surface area contributed by atoms with Crippen LogP contribution in [0, 0.1) is 11.8 Å². The maximum Gasteiger partial charge on any atom is 0.323 e. The van der Waals surface area contributed by atoms with Crippen LogP contribution in [0.25, 0.3) is 6.08 Å². The first-order chi connectivity index (χ1) is 14.9. The minimum Gasteiger partial charge on any atom is -0.497 e. The minimum atomic E-state index is -1.54. The number of urea groups is 1. The second-order valence-electron chi connectivity index (χ2n) is 7.19. The molecule has 0 bridgehead atoms. The van der Waals surface area contributed by atoms with Crippen LogP contribution in [0.3, 0.4) is 0 Å². The molecule has 4 amide bonds. The van der Waals surface area contributed by atoms with E-state index in [1.54, 1.807) is 17.5 Å². The van der Waals surface area contributed by atoms with Gasteiger partial charge in [0.25, 0.3) is 11.8 Å². The molecular formula is C23H19N3O4S. The molecule has 7 nitrogen and oxygen atoms in total. The molecule has 31 heavy (non-hydrogen) atoms. The highest BCUT2D eigenvalue weighted by atomic mass is 32.1. The fourth-order valence-electron chi connectivity index (χ4n) is 3.55. The van der Waals surface area contributed by atoms with Crippen LogP contribution in [-0.2, 0) is 11.3 Å². The smallest absolute Gasteiger partial charge is 0.323 e. The molecule has 2 aliphatic heterocycles. The van der Waals surface area contributed by atoms with Gasteiger partial charge in [-0.15, -0.1) is 0 Å². The van der Waals surface area contributed by atoms with Crippen LogP contribution in [0.1, 0.15) is 27.0 Å². The quantitative estimate of drug-likeness (QED) is 0.392. The molecule has 1 saturated heterocycles. The zero-order valence-electron chi connectivity index (χ0n) is 16.6. The number of imide groups is 1. The number of benzene rings is 2. The Bertz CT molecular complexity index is 1160. The first-order valence-electron chi connectivity index (χ1n) is 9.48. The summed E-state index contributed by atoms with van der Waals surface area (Å²) in [5.41, 5.74) is 1.43. The summed E-state index contributed by atoms with van der Waals surface area (Å²) in [6.45, 7) is 0.239. The maximum absolute atomic E-state index is 12.9. The molecule has 4 rings (SSSR count). The summed E-state index contributed by atoms with van der Waals surface area (Å²) in [6.07, 6.45) is 1.83. The van der Waals surface area contributed by atoms with E-state index in [1.807, 2.05) is 36.4 Å². The van der Waals surface area contributed by atoms with Gasteiger partial charge in [-0.25, -0.2) is 4.79 Å². The molecule has 2 aliphatic rings. The van der Waals surface area contributed by atoms with E-state index < -0.39 is 17.5 Å². The molecule has 0 spiro atoms. The molecule has 0 aliphatic carbocycles. The van der Waals surface area contributed by atoms with Gasteiger partial charge in [0.05, 0.1) is 13.7 Å². The monoisotopic (exact) mass is 433 g/mol. The lowest BCUT2D eigenvalue weighted by Gasteiger charge is -2.26. The van der Waals surface area contributed by atoms with Gasteiger partial charge in [-0.1, -0.05) is 30.0 Å². The predicted molar refractivity (Wildman–Crippen MR) is 118 cm³/mol. The second-order valence-corrected chi connectivity index (χ2v) is 7.48. The van der Waals surface area contributed by atoms with Gasteiger partial charge in [-0.05, 0) is 46.9 Å². The first kappa shape index (κ1) is 20.6. The molecule has 2 aromatic rings. The molecule has 156 valence electrons. The van der Waals surface area contributed by atoms with Crippen LogP contribution >= 0.6 is 12.6 Å². The lowest BCUT2D eigenvalue weighted by molar-refractivity contribution is -0.122. The summed E-state index contributed by atoms with van der Waals surface area (Å²) in [5, 5.41) is 6.47. The number of rotatable bonds is 4. The van der Waals surface area contributed by atoms with Gasteiger partial charge in [0.15, 0.2) is 0 Å². The highest BCUT2D eigenvalue weighted by molar-refractivity contribution is 7.83. The van der Waals surface area contributed by atoms with Gasteiger partial charge in [0.2, 0.25) is 5.54 Å². The van der Waals surface area contributed by atoms with Crippen LogP contribution in [-0.4, -0.2) is 41.9 Å². The highest BCUT2D eigenvalue weighted by Crippen LogP contribution is 2.28. The topological polar surface area (TPSA) is 87.7 Å². The number of carbonyl (C=O) groups is 3. The van der Waals surface area contributed by atoms with Crippen molar-refractivity contribution in [1.82, 2.24) is 15.5 Å². The average molecular weight is 433 g/mol. The fraction of sp³-hybridized carbons (Fsp3) is 0.174. The standard InChI is InChI=1S/C23H19N3O4S/c1-30-18-7-6-17-13-26(20(27)19(17)12-18)14-23(21(28)24-22(29)25-23)10-8-15-2-4-16(5-3-15)9-11-31/h2-7,9,11-12,31H,13-14H2,1H3,(H2,24,25,28,29)/b11-9-/t23-/m1/s1. The number of nitrogens with zero attached hydrogens (tertiary/aromatic N) is 1. The first-order valence-corrected chi connectivity index (χ1v) is 9.99. The summed E-state index contributed by atoms with van der Waals surface area (Å²) in [5.74, 6) is 5.59. The number of amides is 4. The number of thiol groups is 1. The van der Waals surface area contributed by atoms with Crippen LogP contribution in [0.15, 0.2) is 47.9 Å². The Balaban J connectivity index is 1.62. The molecule has 1 atom stereocenters. The van der Waals surface area contributed by atoms with E-state index in [1.165, 1.54) is 12.0 Å². The van der Waals surface area contributed by atoms with Gasteiger partial charge in [-0.2, -0.15) is 12.6 Å². The highest BCUT2D eigenvalue weighted by Gasteiger charge is 2.48. The van der Waals surface area contributed by atoms with E-state index in [2.05, 4.69) is 35.1 Å². The van der Waals surface area contributed by atoms with Crippen LogP contribution in [0.4, 0.5) is 4.79 Å². The second kappa shape index (κ2) is 8.20. The van der Waals surface area contributed by atoms with Crippen molar-refractivity contribution in [3.05, 3.63) is 70.1 Å². The van der Waals surface area contributed by atoms with Gasteiger partial charge >= 0.3 is 6.03 Å². The van der Waals surface area contributed by atoms with Crippen molar-refractivity contribution in [2.45, 2.75) is 12.1 Å². The number of ether oxygens (including phenoxy) is 1. The molecule has 0 unspecified atom stereocenters. The van der Waals surface area contributed by atoms with E-state index in [-0.39, 0.29) is 12.5 Å². The Morgan fingerprint density at radius 1 is 1.19 bits per heavy atom. The molecule has 1 fully saturated rings.